The maximum atomic E-state index is 14.2. The van der Waals surface area contributed by atoms with Gasteiger partial charge in [0.05, 0.1) is 37.4 Å². The molecule has 3 heterocycles. The van der Waals surface area contributed by atoms with Crippen LogP contribution in [0.2, 0.25) is 0 Å². The van der Waals surface area contributed by atoms with Crippen molar-refractivity contribution in [1.29, 1.82) is 0 Å². The van der Waals surface area contributed by atoms with Crippen LogP contribution in [-0.2, 0) is 20.8 Å². The molecule has 17 heteroatoms. The van der Waals surface area contributed by atoms with Crippen LogP contribution in [-0.4, -0.2) is 92.0 Å². The molecule has 2 atom stereocenters. The first kappa shape index (κ1) is 41.7. The van der Waals surface area contributed by atoms with Crippen LogP contribution < -0.4 is 10.2 Å². The number of hydrogen-bond donors (Lipinski definition) is 2. The Bertz CT molecular complexity index is 1970. The average molecular weight is 782 g/mol. The molecule has 302 valence electrons. The maximum absolute atomic E-state index is 14.2. The number of amides is 3. The quantitative estimate of drug-likeness (QED) is 0.116. The molecule has 0 radical (unpaired) electrons. The number of rotatable bonds is 15. The summed E-state index contributed by atoms with van der Waals surface area (Å²) in [6.45, 7) is 13.7. The largest absolute Gasteiger partial charge is 0.444 e. The van der Waals surface area contributed by atoms with Crippen LogP contribution >= 0.6 is 0 Å². The number of nitrogens with zero attached hydrogens (tertiary/aromatic N) is 6. The standard InChI is InChI=1S/C39H49F2N7O8/c1-24-18-27(24)21-47(37(52)56-39(5,6)7)31-19-26(12-13-42-31)35-44-30(23-54-35)34(50)43-29-22-48(45-32(29)33(40)41)28-10-8-25(9-11-28)20-46(14-16-53-17-15-49)36(51)55-38(2,3)4/h8-13,19,22-24,27,33,49H,14-18,20-21H2,1-7H3,(H,43,50). The lowest BCUT2D eigenvalue weighted by Gasteiger charge is -2.27. The zero-order valence-corrected chi connectivity index (χ0v) is 32.6. The number of pyridine rings is 1. The molecule has 1 fully saturated rings. The lowest BCUT2D eigenvalue weighted by Crippen LogP contribution is -2.38. The van der Waals surface area contributed by atoms with Crippen molar-refractivity contribution in [3.05, 3.63) is 72.0 Å². The third kappa shape index (κ3) is 11.6. The highest BCUT2D eigenvalue weighted by molar-refractivity contribution is 6.03. The number of oxazole rings is 1. The molecule has 5 rings (SSSR count). The van der Waals surface area contributed by atoms with Gasteiger partial charge in [-0.15, -0.1) is 0 Å². The molecule has 0 spiro atoms. The minimum Gasteiger partial charge on any atom is -0.444 e. The van der Waals surface area contributed by atoms with Gasteiger partial charge in [-0.2, -0.15) is 5.10 Å². The smallest absolute Gasteiger partial charge is 0.416 e. The summed E-state index contributed by atoms with van der Waals surface area (Å²) in [6, 6.07) is 9.92. The summed E-state index contributed by atoms with van der Waals surface area (Å²) >= 11 is 0. The third-order valence-electron chi connectivity index (χ3n) is 8.48. The topological polar surface area (TPSA) is 174 Å². The molecule has 1 aromatic carbocycles. The van der Waals surface area contributed by atoms with Gasteiger partial charge < -0.3 is 34.0 Å². The number of aliphatic hydroxyl groups is 1. The van der Waals surface area contributed by atoms with E-state index in [4.69, 9.17) is 23.7 Å². The van der Waals surface area contributed by atoms with Gasteiger partial charge in [-0.05, 0) is 89.6 Å². The van der Waals surface area contributed by atoms with Crippen molar-refractivity contribution >= 4 is 29.6 Å². The first-order valence-electron chi connectivity index (χ1n) is 18.3. The lowest BCUT2D eigenvalue weighted by molar-refractivity contribution is 0.0135. The van der Waals surface area contributed by atoms with Gasteiger partial charge in [-0.1, -0.05) is 19.1 Å². The molecule has 0 aliphatic heterocycles. The van der Waals surface area contributed by atoms with Gasteiger partial charge in [0.2, 0.25) is 5.89 Å². The van der Waals surface area contributed by atoms with Crippen LogP contribution in [0.25, 0.3) is 17.1 Å². The Morgan fingerprint density at radius 1 is 1.04 bits per heavy atom. The Labute approximate surface area is 323 Å². The maximum Gasteiger partial charge on any atom is 0.416 e. The number of benzene rings is 1. The number of alkyl halides is 2. The molecule has 15 nitrogen and oxygen atoms in total. The normalized spacial score (nSPS) is 15.4. The minimum absolute atomic E-state index is 0.0514. The van der Waals surface area contributed by atoms with Crippen LogP contribution in [0.4, 0.5) is 29.9 Å². The van der Waals surface area contributed by atoms with Crippen molar-refractivity contribution in [2.24, 2.45) is 11.8 Å². The molecular formula is C39H49F2N7O8. The zero-order valence-electron chi connectivity index (χ0n) is 32.6. The Balaban J connectivity index is 1.29. The van der Waals surface area contributed by atoms with E-state index in [9.17, 15) is 23.2 Å². The summed E-state index contributed by atoms with van der Waals surface area (Å²) in [7, 11) is 0. The monoisotopic (exact) mass is 781 g/mol. The van der Waals surface area contributed by atoms with Crippen molar-refractivity contribution < 1.29 is 46.9 Å². The highest BCUT2D eigenvalue weighted by Gasteiger charge is 2.37. The average Bonchev–Trinajstić information content (AvgIpc) is 3.44. The summed E-state index contributed by atoms with van der Waals surface area (Å²) in [5, 5.41) is 15.5. The highest BCUT2D eigenvalue weighted by atomic mass is 19.3. The molecule has 1 aliphatic carbocycles. The third-order valence-corrected chi connectivity index (χ3v) is 8.48. The number of hydrogen-bond acceptors (Lipinski definition) is 11. The van der Waals surface area contributed by atoms with Crippen LogP contribution in [0, 0.1) is 11.8 Å². The summed E-state index contributed by atoms with van der Waals surface area (Å²) in [4.78, 5) is 50.9. The van der Waals surface area contributed by atoms with Crippen molar-refractivity contribution in [1.82, 2.24) is 24.6 Å². The van der Waals surface area contributed by atoms with E-state index >= 15 is 0 Å². The number of halogens is 2. The molecule has 3 aromatic heterocycles. The fourth-order valence-corrected chi connectivity index (χ4v) is 5.52. The zero-order chi connectivity index (χ0) is 40.8. The van der Waals surface area contributed by atoms with Crippen LogP contribution in [0.1, 0.15) is 83.1 Å². The van der Waals surface area contributed by atoms with E-state index in [0.29, 0.717) is 35.4 Å². The SMILES string of the molecule is CC1CC1CN(C(=O)OC(C)(C)C)c1cc(-c2nc(C(=O)Nc3cn(-c4ccc(CN(CCOCCO)C(=O)OC(C)(C)C)cc4)nc3C(F)F)co2)ccn1. The second kappa shape index (κ2) is 17.6. The Hall–Kier alpha value is -5.42. The van der Waals surface area contributed by atoms with Gasteiger partial charge in [-0.25, -0.2) is 33.0 Å². The Kier molecular flexibility index (Phi) is 13.1. The van der Waals surface area contributed by atoms with E-state index in [-0.39, 0.29) is 50.2 Å². The Morgan fingerprint density at radius 2 is 1.71 bits per heavy atom. The van der Waals surface area contributed by atoms with E-state index < -0.39 is 41.4 Å². The van der Waals surface area contributed by atoms with Gasteiger partial charge in [0.1, 0.15) is 23.3 Å². The predicted molar refractivity (Wildman–Crippen MR) is 202 cm³/mol. The number of aromatic nitrogens is 4. The molecule has 0 saturated heterocycles. The van der Waals surface area contributed by atoms with Gasteiger partial charge >= 0.3 is 12.2 Å². The molecule has 56 heavy (non-hydrogen) atoms. The number of carbonyl (C=O) groups excluding carboxylic acids is 3. The minimum atomic E-state index is -3.02. The summed E-state index contributed by atoms with van der Waals surface area (Å²) in [6.07, 6.45) is 0.741. The molecule has 3 amide bonds. The molecule has 1 saturated carbocycles. The van der Waals surface area contributed by atoms with E-state index in [1.807, 2.05) is 0 Å². The van der Waals surface area contributed by atoms with Crippen molar-refractivity contribution in [2.75, 3.05) is 43.1 Å². The van der Waals surface area contributed by atoms with Crippen molar-refractivity contribution in [3.8, 4) is 17.1 Å². The summed E-state index contributed by atoms with van der Waals surface area (Å²) < 4.78 is 51.6. The van der Waals surface area contributed by atoms with E-state index in [1.165, 1.54) is 26.9 Å². The van der Waals surface area contributed by atoms with Gasteiger partial charge in [0.25, 0.3) is 12.3 Å². The second-order valence-corrected chi connectivity index (χ2v) is 15.5. The number of ether oxygens (including phenoxy) is 3. The van der Waals surface area contributed by atoms with Gasteiger partial charge in [-0.3, -0.25) is 9.69 Å². The molecule has 2 unspecified atom stereocenters. The molecular weight excluding hydrogens is 732 g/mol. The second-order valence-electron chi connectivity index (χ2n) is 15.5. The number of anilines is 2. The predicted octanol–water partition coefficient (Wildman–Crippen LogP) is 7.26. The van der Waals surface area contributed by atoms with Crippen LogP contribution in [0.3, 0.4) is 0 Å². The summed E-state index contributed by atoms with van der Waals surface area (Å²) in [5.74, 6) is 0.345. The van der Waals surface area contributed by atoms with Gasteiger partial charge in [0.15, 0.2) is 11.4 Å². The molecule has 1 aliphatic rings. The molecule has 4 aromatic rings. The summed E-state index contributed by atoms with van der Waals surface area (Å²) in [5.41, 5.74) is -0.940. The number of nitrogens with one attached hydrogen (secondary N) is 1. The van der Waals surface area contributed by atoms with Crippen molar-refractivity contribution in [2.45, 2.75) is 79.1 Å². The van der Waals surface area contributed by atoms with Crippen LogP contribution in [0.15, 0.2) is 59.5 Å². The van der Waals surface area contributed by atoms with E-state index in [2.05, 4.69) is 27.3 Å². The van der Waals surface area contributed by atoms with Gasteiger partial charge in [0, 0.05) is 31.4 Å². The van der Waals surface area contributed by atoms with E-state index in [0.717, 1.165) is 18.2 Å². The molecule has 0 bridgehead atoms. The molecule has 2 N–H and O–H groups in total. The first-order chi connectivity index (χ1) is 26.4. The number of aliphatic hydroxyl groups excluding tert-OH is 1. The first-order valence-corrected chi connectivity index (χ1v) is 18.3. The highest BCUT2D eigenvalue weighted by Crippen LogP contribution is 2.39. The van der Waals surface area contributed by atoms with Crippen LogP contribution in [0.5, 0.6) is 0 Å². The van der Waals surface area contributed by atoms with Crippen molar-refractivity contribution in [3.63, 3.8) is 0 Å². The van der Waals surface area contributed by atoms with E-state index in [1.54, 1.807) is 77.9 Å². The Morgan fingerprint density at radius 3 is 2.34 bits per heavy atom. The number of carbonyl (C=O) groups is 3. The lowest BCUT2D eigenvalue weighted by atomic mass is 10.2. The fraction of sp³-hybridized carbons (Fsp3) is 0.487. The fourth-order valence-electron chi connectivity index (χ4n) is 5.52.